The average molecular weight is 223 g/mol. The summed E-state index contributed by atoms with van der Waals surface area (Å²) in [7, 11) is 0. The summed E-state index contributed by atoms with van der Waals surface area (Å²) >= 11 is 0. The zero-order valence-electron chi connectivity index (χ0n) is 8.82. The molecule has 0 amide bonds. The summed E-state index contributed by atoms with van der Waals surface area (Å²) in [6.07, 6.45) is 1.00. The number of halogens is 1. The fourth-order valence-corrected chi connectivity index (χ4v) is 2.41. The van der Waals surface area contributed by atoms with Gasteiger partial charge < -0.3 is 10.8 Å². The highest BCUT2D eigenvalue weighted by Crippen LogP contribution is 2.47. The summed E-state index contributed by atoms with van der Waals surface area (Å²) < 4.78 is 13.1. The first-order valence-electron chi connectivity index (χ1n) is 5.28. The Hall–Kier alpha value is -1.42. The van der Waals surface area contributed by atoms with Gasteiger partial charge in [-0.1, -0.05) is 12.1 Å². The Bertz CT molecular complexity index is 413. The first-order valence-corrected chi connectivity index (χ1v) is 5.28. The minimum atomic E-state index is -0.924. The highest BCUT2D eigenvalue weighted by molar-refractivity contribution is 5.82. The second-order valence-corrected chi connectivity index (χ2v) is 4.41. The van der Waals surface area contributed by atoms with E-state index in [4.69, 9.17) is 5.73 Å². The molecule has 0 atom stereocenters. The van der Waals surface area contributed by atoms with E-state index in [2.05, 4.69) is 0 Å². The van der Waals surface area contributed by atoms with E-state index in [9.17, 15) is 14.3 Å². The number of aliphatic carboxylic acids is 1. The fraction of sp³-hybridized carbons (Fsp3) is 0.417. The Morgan fingerprint density at radius 3 is 2.75 bits per heavy atom. The number of carboxylic acid groups (broad SMARTS) is 1. The Morgan fingerprint density at radius 2 is 2.25 bits per heavy atom. The Morgan fingerprint density at radius 1 is 1.56 bits per heavy atom. The van der Waals surface area contributed by atoms with Crippen molar-refractivity contribution in [1.29, 1.82) is 0 Å². The molecule has 0 bridgehead atoms. The number of hydrogen-bond acceptors (Lipinski definition) is 2. The van der Waals surface area contributed by atoms with Crippen molar-refractivity contribution < 1.29 is 14.3 Å². The third-order valence-corrected chi connectivity index (χ3v) is 3.39. The molecule has 0 unspecified atom stereocenters. The van der Waals surface area contributed by atoms with Crippen LogP contribution in [0.4, 0.5) is 4.39 Å². The summed E-state index contributed by atoms with van der Waals surface area (Å²) in [5, 5.41) is 9.28. The van der Waals surface area contributed by atoms with Gasteiger partial charge in [0, 0.05) is 0 Å². The van der Waals surface area contributed by atoms with Crippen LogP contribution in [0, 0.1) is 11.7 Å². The topological polar surface area (TPSA) is 63.3 Å². The van der Waals surface area contributed by atoms with Crippen LogP contribution < -0.4 is 5.73 Å². The molecular formula is C12H14FNO2. The molecule has 0 spiro atoms. The normalized spacial score (nSPS) is 28.5. The van der Waals surface area contributed by atoms with E-state index in [0.717, 1.165) is 0 Å². The maximum absolute atomic E-state index is 13.1. The van der Waals surface area contributed by atoms with Gasteiger partial charge in [0.25, 0.3) is 0 Å². The van der Waals surface area contributed by atoms with Crippen molar-refractivity contribution in [2.45, 2.75) is 18.3 Å². The molecule has 3 N–H and O–H groups in total. The summed E-state index contributed by atoms with van der Waals surface area (Å²) in [6.45, 7) is 0.490. The molecule has 16 heavy (non-hydrogen) atoms. The molecule has 4 heteroatoms. The Labute approximate surface area is 93.1 Å². The van der Waals surface area contributed by atoms with Crippen molar-refractivity contribution in [3.63, 3.8) is 0 Å². The van der Waals surface area contributed by atoms with E-state index in [1.807, 2.05) is 0 Å². The molecule has 0 aromatic heterocycles. The zero-order chi connectivity index (χ0) is 11.8. The summed E-state index contributed by atoms with van der Waals surface area (Å²) in [5.41, 5.74) is 5.12. The van der Waals surface area contributed by atoms with Crippen molar-refractivity contribution in [3.8, 4) is 0 Å². The molecule has 1 aromatic carbocycles. The molecule has 0 aliphatic heterocycles. The predicted octanol–water partition coefficient (Wildman–Crippen LogP) is 1.52. The standard InChI is InChI=1S/C12H14FNO2/c13-10-3-1-2-9(4-10)12(11(15)16)5-8(6-12)7-14/h1-4,8H,5-7,14H2,(H,15,16). The Balaban J connectivity index is 2.32. The van der Waals surface area contributed by atoms with Gasteiger partial charge in [0.2, 0.25) is 0 Å². The monoisotopic (exact) mass is 223 g/mol. The van der Waals surface area contributed by atoms with Crippen LogP contribution >= 0.6 is 0 Å². The fourth-order valence-electron chi connectivity index (χ4n) is 2.41. The number of benzene rings is 1. The molecule has 1 fully saturated rings. The maximum Gasteiger partial charge on any atom is 0.314 e. The van der Waals surface area contributed by atoms with Gasteiger partial charge >= 0.3 is 5.97 Å². The largest absolute Gasteiger partial charge is 0.481 e. The summed E-state index contributed by atoms with van der Waals surface area (Å²) in [4.78, 5) is 11.3. The van der Waals surface area contributed by atoms with E-state index in [1.165, 1.54) is 12.1 Å². The number of hydrogen-bond donors (Lipinski definition) is 2. The first-order chi connectivity index (χ1) is 7.58. The number of carboxylic acids is 1. The highest BCUT2D eigenvalue weighted by Gasteiger charge is 2.51. The van der Waals surface area contributed by atoms with Crippen molar-refractivity contribution in [1.82, 2.24) is 0 Å². The predicted molar refractivity (Wildman–Crippen MR) is 57.5 cm³/mol. The molecule has 2 rings (SSSR count). The smallest absolute Gasteiger partial charge is 0.314 e. The second-order valence-electron chi connectivity index (χ2n) is 4.41. The van der Waals surface area contributed by atoms with E-state index < -0.39 is 17.2 Å². The number of carbonyl (C=O) groups is 1. The molecule has 1 aliphatic rings. The van der Waals surface area contributed by atoms with Crippen LogP contribution in [0.3, 0.4) is 0 Å². The van der Waals surface area contributed by atoms with Gasteiger partial charge in [0.05, 0.1) is 5.41 Å². The molecule has 1 saturated carbocycles. The van der Waals surface area contributed by atoms with Gasteiger partial charge in [-0.15, -0.1) is 0 Å². The van der Waals surface area contributed by atoms with E-state index in [0.29, 0.717) is 24.9 Å². The summed E-state index contributed by atoms with van der Waals surface area (Å²) in [6, 6.07) is 5.84. The van der Waals surface area contributed by atoms with Gasteiger partial charge in [0.1, 0.15) is 5.82 Å². The van der Waals surface area contributed by atoms with Crippen LogP contribution in [0.5, 0.6) is 0 Å². The summed E-state index contributed by atoms with van der Waals surface area (Å²) in [5.74, 6) is -1.04. The Kier molecular flexibility index (Phi) is 2.68. The molecule has 1 aliphatic carbocycles. The van der Waals surface area contributed by atoms with Crippen LogP contribution in [0.2, 0.25) is 0 Å². The van der Waals surface area contributed by atoms with Gasteiger partial charge in [0.15, 0.2) is 0 Å². The second kappa shape index (κ2) is 3.87. The van der Waals surface area contributed by atoms with Crippen LogP contribution in [-0.4, -0.2) is 17.6 Å². The van der Waals surface area contributed by atoms with Crippen LogP contribution in [0.15, 0.2) is 24.3 Å². The SMILES string of the molecule is NCC1CC(C(=O)O)(c2cccc(F)c2)C1. The lowest BCUT2D eigenvalue weighted by Crippen LogP contribution is -2.50. The lowest BCUT2D eigenvalue weighted by atomic mass is 9.58. The zero-order valence-corrected chi connectivity index (χ0v) is 8.82. The van der Waals surface area contributed by atoms with Crippen molar-refractivity contribution in [2.24, 2.45) is 11.7 Å². The average Bonchev–Trinajstić information content (AvgIpc) is 2.16. The van der Waals surface area contributed by atoms with Crippen LogP contribution in [0.25, 0.3) is 0 Å². The third kappa shape index (κ3) is 1.59. The molecule has 3 nitrogen and oxygen atoms in total. The highest BCUT2D eigenvalue weighted by atomic mass is 19.1. The van der Waals surface area contributed by atoms with Crippen LogP contribution in [0.1, 0.15) is 18.4 Å². The van der Waals surface area contributed by atoms with Gasteiger partial charge in [-0.05, 0) is 43.0 Å². The van der Waals surface area contributed by atoms with E-state index in [1.54, 1.807) is 12.1 Å². The molecule has 86 valence electrons. The lowest BCUT2D eigenvalue weighted by molar-refractivity contribution is -0.149. The van der Waals surface area contributed by atoms with Gasteiger partial charge in [-0.2, -0.15) is 0 Å². The van der Waals surface area contributed by atoms with Gasteiger partial charge in [-0.3, -0.25) is 4.79 Å². The molecule has 0 radical (unpaired) electrons. The van der Waals surface area contributed by atoms with Crippen molar-refractivity contribution in [3.05, 3.63) is 35.6 Å². The van der Waals surface area contributed by atoms with Crippen molar-refractivity contribution in [2.75, 3.05) is 6.54 Å². The van der Waals surface area contributed by atoms with E-state index in [-0.39, 0.29) is 5.92 Å². The number of rotatable bonds is 3. The van der Waals surface area contributed by atoms with E-state index >= 15 is 0 Å². The minimum Gasteiger partial charge on any atom is -0.481 e. The molecule has 0 heterocycles. The van der Waals surface area contributed by atoms with Gasteiger partial charge in [-0.25, -0.2) is 4.39 Å². The van der Waals surface area contributed by atoms with Crippen LogP contribution in [-0.2, 0) is 10.2 Å². The lowest BCUT2D eigenvalue weighted by Gasteiger charge is -2.44. The molecule has 0 saturated heterocycles. The number of nitrogens with two attached hydrogens (primary N) is 1. The first kappa shape index (κ1) is 11.1. The maximum atomic E-state index is 13.1. The minimum absolute atomic E-state index is 0.236. The van der Waals surface area contributed by atoms with Crippen molar-refractivity contribution >= 4 is 5.97 Å². The quantitative estimate of drug-likeness (QED) is 0.816. The third-order valence-electron chi connectivity index (χ3n) is 3.39. The molecular weight excluding hydrogens is 209 g/mol. The molecule has 1 aromatic rings.